The Bertz CT molecular complexity index is 1010. The summed E-state index contributed by atoms with van der Waals surface area (Å²) in [5, 5.41) is 15.9. The molecule has 3 rings (SSSR count). The number of carboxylic acid groups (broad SMARTS) is 1. The summed E-state index contributed by atoms with van der Waals surface area (Å²) < 4.78 is 5.76. The molecule has 2 aromatic rings. The molecular formula is C30H44N4O4. The summed E-state index contributed by atoms with van der Waals surface area (Å²) in [6, 6.07) is 12.8. The molecule has 1 aliphatic heterocycles. The van der Waals surface area contributed by atoms with Crippen LogP contribution in [-0.2, 0) is 27.2 Å². The van der Waals surface area contributed by atoms with Crippen LogP contribution in [-0.4, -0.2) is 71.8 Å². The number of anilines is 1. The van der Waals surface area contributed by atoms with Crippen LogP contribution < -0.4 is 10.6 Å². The summed E-state index contributed by atoms with van der Waals surface area (Å²) in [7, 11) is 0. The van der Waals surface area contributed by atoms with Crippen LogP contribution in [0.4, 0.5) is 5.82 Å². The number of aliphatic carboxylic acids is 1. The molecule has 0 saturated heterocycles. The molecule has 38 heavy (non-hydrogen) atoms. The Morgan fingerprint density at radius 2 is 1.87 bits per heavy atom. The van der Waals surface area contributed by atoms with E-state index in [0.29, 0.717) is 19.6 Å². The quantitative estimate of drug-likeness (QED) is 0.282. The number of pyridine rings is 1. The first-order valence-corrected chi connectivity index (χ1v) is 14.0. The van der Waals surface area contributed by atoms with Crippen molar-refractivity contribution >= 4 is 17.7 Å². The van der Waals surface area contributed by atoms with Crippen molar-refractivity contribution in [3.8, 4) is 0 Å². The molecule has 0 aliphatic carbocycles. The predicted octanol–water partition coefficient (Wildman–Crippen LogP) is 4.25. The number of rotatable bonds is 16. The van der Waals surface area contributed by atoms with Crippen molar-refractivity contribution < 1.29 is 19.4 Å². The van der Waals surface area contributed by atoms with Crippen molar-refractivity contribution in [3.05, 3.63) is 59.3 Å². The second kappa shape index (κ2) is 15.4. The number of hydrogen-bond acceptors (Lipinski definition) is 6. The summed E-state index contributed by atoms with van der Waals surface area (Å²) >= 11 is 0. The third-order valence-electron chi connectivity index (χ3n) is 7.01. The first kappa shape index (κ1) is 29.6. The fourth-order valence-corrected chi connectivity index (χ4v) is 4.66. The van der Waals surface area contributed by atoms with E-state index in [-0.39, 0.29) is 12.0 Å². The third-order valence-corrected chi connectivity index (χ3v) is 7.01. The van der Waals surface area contributed by atoms with Gasteiger partial charge in [-0.05, 0) is 83.0 Å². The van der Waals surface area contributed by atoms with Crippen LogP contribution in [0, 0.1) is 0 Å². The third kappa shape index (κ3) is 9.72. The maximum Gasteiger partial charge on any atom is 0.326 e. The molecule has 3 N–H and O–H groups in total. The van der Waals surface area contributed by atoms with Gasteiger partial charge in [-0.3, -0.25) is 4.79 Å². The number of benzene rings is 1. The summed E-state index contributed by atoms with van der Waals surface area (Å²) in [5.74, 6) is -0.667. The minimum absolute atomic E-state index is 0.145. The maximum atomic E-state index is 12.8. The lowest BCUT2D eigenvalue weighted by atomic mass is 10.00. The SMILES string of the molecule is CC(C)OCCN(CCCCc1ccc2c(n1)NCCC2)CCC(NC(=O)C(C)c1ccccc1)C(=O)O. The van der Waals surface area contributed by atoms with Crippen molar-refractivity contribution in [2.75, 3.05) is 38.1 Å². The zero-order chi connectivity index (χ0) is 27.3. The van der Waals surface area contributed by atoms with E-state index < -0.39 is 17.9 Å². The highest BCUT2D eigenvalue weighted by molar-refractivity contribution is 5.87. The monoisotopic (exact) mass is 524 g/mol. The molecule has 208 valence electrons. The molecule has 0 spiro atoms. The fourth-order valence-electron chi connectivity index (χ4n) is 4.66. The number of amides is 1. The normalized spacial score (nSPS) is 14.6. The van der Waals surface area contributed by atoms with Gasteiger partial charge in [0, 0.05) is 25.3 Å². The van der Waals surface area contributed by atoms with Gasteiger partial charge in [-0.25, -0.2) is 9.78 Å². The molecule has 8 nitrogen and oxygen atoms in total. The van der Waals surface area contributed by atoms with Gasteiger partial charge in [0.2, 0.25) is 5.91 Å². The molecule has 2 unspecified atom stereocenters. The summed E-state index contributed by atoms with van der Waals surface area (Å²) in [4.78, 5) is 31.8. The largest absolute Gasteiger partial charge is 0.480 e. The Morgan fingerprint density at radius 1 is 1.08 bits per heavy atom. The molecule has 0 bridgehead atoms. The highest BCUT2D eigenvalue weighted by Gasteiger charge is 2.24. The van der Waals surface area contributed by atoms with Crippen molar-refractivity contribution in [1.29, 1.82) is 0 Å². The number of carbonyl (C=O) groups excluding carboxylic acids is 1. The predicted molar refractivity (Wildman–Crippen MR) is 151 cm³/mol. The van der Waals surface area contributed by atoms with E-state index in [9.17, 15) is 14.7 Å². The average Bonchev–Trinajstić information content (AvgIpc) is 2.92. The molecule has 2 atom stereocenters. The van der Waals surface area contributed by atoms with Crippen LogP contribution in [0.15, 0.2) is 42.5 Å². The first-order valence-electron chi connectivity index (χ1n) is 14.0. The summed E-state index contributed by atoms with van der Waals surface area (Å²) in [5.41, 5.74) is 3.27. The van der Waals surface area contributed by atoms with E-state index in [0.717, 1.165) is 68.8 Å². The number of carboxylic acids is 1. The topological polar surface area (TPSA) is 104 Å². The van der Waals surface area contributed by atoms with Gasteiger partial charge in [-0.15, -0.1) is 0 Å². The Balaban J connectivity index is 1.50. The van der Waals surface area contributed by atoms with Gasteiger partial charge in [0.05, 0.1) is 18.6 Å². The zero-order valence-electron chi connectivity index (χ0n) is 23.1. The molecule has 8 heteroatoms. The molecule has 1 aromatic heterocycles. The Morgan fingerprint density at radius 3 is 2.61 bits per heavy atom. The van der Waals surface area contributed by atoms with E-state index >= 15 is 0 Å². The fraction of sp³-hybridized carbons (Fsp3) is 0.567. The molecule has 1 aromatic carbocycles. The highest BCUT2D eigenvalue weighted by Crippen LogP contribution is 2.20. The second-order valence-electron chi connectivity index (χ2n) is 10.4. The molecule has 0 fully saturated rings. The Kier molecular flexibility index (Phi) is 12.0. The smallest absolute Gasteiger partial charge is 0.326 e. The van der Waals surface area contributed by atoms with Gasteiger partial charge in [0.15, 0.2) is 0 Å². The van der Waals surface area contributed by atoms with Gasteiger partial charge in [-0.1, -0.05) is 36.4 Å². The van der Waals surface area contributed by atoms with Gasteiger partial charge < -0.3 is 25.4 Å². The van der Waals surface area contributed by atoms with Crippen molar-refractivity contribution in [2.45, 2.75) is 77.4 Å². The highest BCUT2D eigenvalue weighted by atomic mass is 16.5. The van der Waals surface area contributed by atoms with E-state index in [1.807, 2.05) is 44.2 Å². The number of fused-ring (bicyclic) bond motifs is 1. The lowest BCUT2D eigenvalue weighted by Gasteiger charge is -2.25. The molecule has 0 saturated carbocycles. The zero-order valence-corrected chi connectivity index (χ0v) is 23.1. The van der Waals surface area contributed by atoms with E-state index in [1.54, 1.807) is 6.92 Å². The molecule has 1 amide bonds. The minimum atomic E-state index is -1.01. The van der Waals surface area contributed by atoms with Crippen LogP contribution in [0.25, 0.3) is 0 Å². The lowest BCUT2D eigenvalue weighted by molar-refractivity contribution is -0.142. The summed E-state index contributed by atoms with van der Waals surface area (Å²) in [6.45, 7) is 9.52. The van der Waals surface area contributed by atoms with Crippen molar-refractivity contribution in [1.82, 2.24) is 15.2 Å². The van der Waals surface area contributed by atoms with Crippen LogP contribution >= 0.6 is 0 Å². The minimum Gasteiger partial charge on any atom is -0.480 e. The molecule has 0 radical (unpaired) electrons. The number of aryl methyl sites for hydroxylation is 2. The van der Waals surface area contributed by atoms with Crippen molar-refractivity contribution in [3.63, 3.8) is 0 Å². The van der Waals surface area contributed by atoms with Gasteiger partial charge in [0.1, 0.15) is 11.9 Å². The average molecular weight is 525 g/mol. The number of nitrogens with one attached hydrogen (secondary N) is 2. The van der Waals surface area contributed by atoms with E-state index in [1.165, 1.54) is 5.56 Å². The number of hydrogen-bond donors (Lipinski definition) is 3. The first-order chi connectivity index (χ1) is 18.3. The lowest BCUT2D eigenvalue weighted by Crippen LogP contribution is -2.45. The summed E-state index contributed by atoms with van der Waals surface area (Å²) in [6.07, 6.45) is 5.61. The number of ether oxygens (including phenoxy) is 1. The standard InChI is InChI=1S/C30H44N4O4/c1-22(2)38-21-20-34(18-8-7-13-26-15-14-25-12-9-17-31-28(25)32-26)19-16-27(30(36)37)33-29(35)23(3)24-10-5-4-6-11-24/h4-6,10-11,14-15,22-23,27H,7-9,12-13,16-21H2,1-3H3,(H,31,32)(H,33,35)(H,36,37). The van der Waals surface area contributed by atoms with Crippen LogP contribution in [0.1, 0.15) is 69.2 Å². The van der Waals surface area contributed by atoms with Crippen molar-refractivity contribution in [2.24, 2.45) is 0 Å². The van der Waals surface area contributed by atoms with E-state index in [2.05, 4.69) is 27.7 Å². The Hall–Kier alpha value is -2.97. The molecule has 1 aliphatic rings. The number of carbonyl (C=O) groups is 2. The van der Waals surface area contributed by atoms with Gasteiger partial charge >= 0.3 is 5.97 Å². The second-order valence-corrected chi connectivity index (χ2v) is 10.4. The van der Waals surface area contributed by atoms with Crippen LogP contribution in [0.5, 0.6) is 0 Å². The van der Waals surface area contributed by atoms with Crippen LogP contribution in [0.2, 0.25) is 0 Å². The maximum absolute atomic E-state index is 12.8. The van der Waals surface area contributed by atoms with Gasteiger partial charge in [-0.2, -0.15) is 0 Å². The van der Waals surface area contributed by atoms with Gasteiger partial charge in [0.25, 0.3) is 0 Å². The number of nitrogens with zero attached hydrogens (tertiary/aromatic N) is 2. The molecule has 2 heterocycles. The Labute approximate surface area is 227 Å². The van der Waals surface area contributed by atoms with Crippen LogP contribution in [0.3, 0.4) is 0 Å². The van der Waals surface area contributed by atoms with E-state index in [4.69, 9.17) is 9.72 Å². The molecular weight excluding hydrogens is 480 g/mol. The number of unbranched alkanes of at least 4 members (excludes halogenated alkanes) is 1. The number of aromatic nitrogens is 1.